The lowest BCUT2D eigenvalue weighted by molar-refractivity contribution is -0.116. The molecule has 3 N–H and O–H groups in total. The van der Waals surface area contributed by atoms with Gasteiger partial charge in [-0.2, -0.15) is 0 Å². The minimum absolute atomic E-state index is 0.0408. The zero-order valence-electron chi connectivity index (χ0n) is 9.43. The fraction of sp³-hybridized carbons (Fsp3) is 0.417. The van der Waals surface area contributed by atoms with E-state index in [9.17, 15) is 4.79 Å². The molecule has 1 amide bonds. The van der Waals surface area contributed by atoms with Crippen LogP contribution in [0.5, 0.6) is 0 Å². The summed E-state index contributed by atoms with van der Waals surface area (Å²) in [5.41, 5.74) is 9.44. The van der Waals surface area contributed by atoms with E-state index in [1.54, 1.807) is 0 Å². The standard InChI is InChI=1S/C12H15ClN2O/c1-6-9-5-8(3-4-14)10(13)7(2)11(9)15-12(6)16/h5-6H,3-4,14H2,1-2H3,(H,15,16). The number of amides is 1. The molecule has 1 aromatic carbocycles. The molecule has 1 aliphatic rings. The first-order valence-corrected chi connectivity index (χ1v) is 5.76. The van der Waals surface area contributed by atoms with E-state index in [-0.39, 0.29) is 11.8 Å². The van der Waals surface area contributed by atoms with Crippen LogP contribution in [0, 0.1) is 6.92 Å². The summed E-state index contributed by atoms with van der Waals surface area (Å²) in [5.74, 6) is -0.0541. The summed E-state index contributed by atoms with van der Waals surface area (Å²) in [6.07, 6.45) is 0.744. The number of fused-ring (bicyclic) bond motifs is 1. The smallest absolute Gasteiger partial charge is 0.231 e. The predicted octanol–water partition coefficient (Wildman–Crippen LogP) is 2.21. The molecule has 0 spiro atoms. The van der Waals surface area contributed by atoms with E-state index in [0.29, 0.717) is 6.54 Å². The van der Waals surface area contributed by atoms with Gasteiger partial charge in [-0.3, -0.25) is 4.79 Å². The number of rotatable bonds is 2. The van der Waals surface area contributed by atoms with Gasteiger partial charge < -0.3 is 11.1 Å². The maximum Gasteiger partial charge on any atom is 0.231 e. The van der Waals surface area contributed by atoms with Gasteiger partial charge in [0, 0.05) is 10.7 Å². The van der Waals surface area contributed by atoms with E-state index < -0.39 is 0 Å². The van der Waals surface area contributed by atoms with Gasteiger partial charge in [-0.25, -0.2) is 0 Å². The van der Waals surface area contributed by atoms with Crippen molar-refractivity contribution < 1.29 is 4.79 Å². The Balaban J connectivity index is 2.57. The van der Waals surface area contributed by atoms with E-state index in [0.717, 1.165) is 33.8 Å². The first-order chi connectivity index (χ1) is 7.56. The second-order valence-corrected chi connectivity index (χ2v) is 4.57. The van der Waals surface area contributed by atoms with Crippen LogP contribution in [-0.2, 0) is 11.2 Å². The Bertz CT molecular complexity index is 457. The van der Waals surface area contributed by atoms with Crippen LogP contribution in [0.4, 0.5) is 5.69 Å². The minimum Gasteiger partial charge on any atom is -0.330 e. The number of hydrogen-bond acceptors (Lipinski definition) is 2. The fourth-order valence-corrected chi connectivity index (χ4v) is 2.35. The number of nitrogens with two attached hydrogens (primary N) is 1. The largest absolute Gasteiger partial charge is 0.330 e. The van der Waals surface area contributed by atoms with Crippen LogP contribution < -0.4 is 11.1 Å². The molecule has 16 heavy (non-hydrogen) atoms. The molecule has 4 heteroatoms. The van der Waals surface area contributed by atoms with Gasteiger partial charge in [-0.05, 0) is 43.5 Å². The van der Waals surface area contributed by atoms with Crippen molar-refractivity contribution in [3.05, 3.63) is 27.8 Å². The van der Waals surface area contributed by atoms with Gasteiger partial charge in [-0.1, -0.05) is 17.7 Å². The van der Waals surface area contributed by atoms with Gasteiger partial charge in [-0.15, -0.1) is 0 Å². The number of hydrogen-bond donors (Lipinski definition) is 2. The van der Waals surface area contributed by atoms with Crippen LogP contribution in [0.1, 0.15) is 29.5 Å². The third kappa shape index (κ3) is 1.60. The molecule has 0 bridgehead atoms. The molecule has 2 rings (SSSR count). The van der Waals surface area contributed by atoms with Crippen LogP contribution in [0.3, 0.4) is 0 Å². The summed E-state index contributed by atoms with van der Waals surface area (Å²) in [6.45, 7) is 4.40. The molecule has 1 unspecified atom stereocenters. The van der Waals surface area contributed by atoms with Crippen molar-refractivity contribution in [1.29, 1.82) is 0 Å². The number of anilines is 1. The zero-order valence-corrected chi connectivity index (χ0v) is 10.2. The Morgan fingerprint density at radius 3 is 2.88 bits per heavy atom. The van der Waals surface area contributed by atoms with Gasteiger partial charge >= 0.3 is 0 Å². The molecule has 1 atom stereocenters. The first-order valence-electron chi connectivity index (χ1n) is 5.39. The summed E-state index contributed by atoms with van der Waals surface area (Å²) in [5, 5.41) is 3.59. The van der Waals surface area contributed by atoms with Crippen LogP contribution in [0.25, 0.3) is 0 Å². The predicted molar refractivity (Wildman–Crippen MR) is 66.0 cm³/mol. The lowest BCUT2D eigenvalue weighted by Gasteiger charge is -2.12. The van der Waals surface area contributed by atoms with Gasteiger partial charge in [0.1, 0.15) is 0 Å². The third-order valence-corrected chi connectivity index (χ3v) is 3.65. The van der Waals surface area contributed by atoms with Crippen LogP contribution >= 0.6 is 11.6 Å². The van der Waals surface area contributed by atoms with E-state index in [1.165, 1.54) is 0 Å². The first kappa shape index (κ1) is 11.4. The van der Waals surface area contributed by atoms with Crippen LogP contribution in [-0.4, -0.2) is 12.5 Å². The fourth-order valence-electron chi connectivity index (χ4n) is 2.11. The van der Waals surface area contributed by atoms with Crippen molar-refractivity contribution in [2.24, 2.45) is 5.73 Å². The minimum atomic E-state index is -0.0949. The Hall–Kier alpha value is -1.06. The van der Waals surface area contributed by atoms with Crippen molar-refractivity contribution in [2.75, 3.05) is 11.9 Å². The second-order valence-electron chi connectivity index (χ2n) is 4.19. The highest BCUT2D eigenvalue weighted by molar-refractivity contribution is 6.33. The lowest BCUT2D eigenvalue weighted by Crippen LogP contribution is -2.08. The molecular formula is C12H15ClN2O. The zero-order chi connectivity index (χ0) is 11.9. The summed E-state index contributed by atoms with van der Waals surface area (Å²) in [6, 6.07) is 2.00. The van der Waals surface area contributed by atoms with E-state index in [2.05, 4.69) is 5.32 Å². The number of carbonyl (C=O) groups is 1. The number of halogens is 1. The van der Waals surface area contributed by atoms with Gasteiger partial charge in [0.05, 0.1) is 5.92 Å². The molecule has 0 aliphatic carbocycles. The highest BCUT2D eigenvalue weighted by atomic mass is 35.5. The SMILES string of the molecule is Cc1c(Cl)c(CCN)cc2c1NC(=O)C2C. The number of nitrogens with one attached hydrogen (secondary N) is 1. The van der Waals surface area contributed by atoms with Crippen molar-refractivity contribution in [1.82, 2.24) is 0 Å². The molecule has 1 aromatic rings. The summed E-state index contributed by atoms with van der Waals surface area (Å²) in [4.78, 5) is 11.6. The highest BCUT2D eigenvalue weighted by Crippen LogP contribution is 2.39. The summed E-state index contributed by atoms with van der Waals surface area (Å²) >= 11 is 6.24. The van der Waals surface area contributed by atoms with Gasteiger partial charge in [0.15, 0.2) is 0 Å². The maximum absolute atomic E-state index is 11.6. The van der Waals surface area contributed by atoms with Gasteiger partial charge in [0.25, 0.3) is 0 Å². The topological polar surface area (TPSA) is 55.1 Å². The molecule has 1 aliphatic heterocycles. The number of benzene rings is 1. The molecule has 3 nitrogen and oxygen atoms in total. The van der Waals surface area contributed by atoms with E-state index in [4.69, 9.17) is 17.3 Å². The highest BCUT2D eigenvalue weighted by Gasteiger charge is 2.29. The van der Waals surface area contributed by atoms with Crippen molar-refractivity contribution in [2.45, 2.75) is 26.2 Å². The Morgan fingerprint density at radius 1 is 1.56 bits per heavy atom. The third-order valence-electron chi connectivity index (χ3n) is 3.13. The van der Waals surface area contributed by atoms with Crippen LogP contribution in [0.15, 0.2) is 6.07 Å². The molecule has 0 saturated carbocycles. The van der Waals surface area contributed by atoms with Gasteiger partial charge in [0.2, 0.25) is 5.91 Å². The Labute approximate surface area is 100.0 Å². The molecule has 0 fully saturated rings. The summed E-state index contributed by atoms with van der Waals surface area (Å²) < 4.78 is 0. The monoisotopic (exact) mass is 238 g/mol. The van der Waals surface area contributed by atoms with Crippen LogP contribution in [0.2, 0.25) is 5.02 Å². The molecule has 0 radical (unpaired) electrons. The average Bonchev–Trinajstić information content (AvgIpc) is 2.53. The molecular weight excluding hydrogens is 224 g/mol. The van der Waals surface area contributed by atoms with E-state index >= 15 is 0 Å². The maximum atomic E-state index is 11.6. The number of carbonyl (C=O) groups excluding carboxylic acids is 1. The normalized spacial score (nSPS) is 18.5. The molecule has 86 valence electrons. The molecule has 0 aromatic heterocycles. The Morgan fingerprint density at radius 2 is 2.25 bits per heavy atom. The van der Waals surface area contributed by atoms with Crippen molar-refractivity contribution >= 4 is 23.2 Å². The van der Waals surface area contributed by atoms with Crippen molar-refractivity contribution in [3.63, 3.8) is 0 Å². The van der Waals surface area contributed by atoms with Crippen molar-refractivity contribution in [3.8, 4) is 0 Å². The average molecular weight is 239 g/mol. The summed E-state index contributed by atoms with van der Waals surface area (Å²) in [7, 11) is 0. The quantitative estimate of drug-likeness (QED) is 0.830. The second kappa shape index (κ2) is 4.07. The lowest BCUT2D eigenvalue weighted by atomic mass is 9.96. The molecule has 1 heterocycles. The Kier molecular flexibility index (Phi) is 2.91. The van der Waals surface area contributed by atoms with E-state index in [1.807, 2.05) is 19.9 Å². The molecule has 0 saturated heterocycles.